The van der Waals surface area contributed by atoms with E-state index in [4.69, 9.17) is 5.73 Å². The van der Waals surface area contributed by atoms with Crippen molar-refractivity contribution < 1.29 is 0 Å². The molecule has 0 atom stereocenters. The molecule has 1 aromatic rings. The molecular formula is C11H21N5. The lowest BCUT2D eigenvalue weighted by molar-refractivity contribution is 0.198. The maximum absolute atomic E-state index is 5.89. The molecular weight excluding hydrogens is 202 g/mol. The first kappa shape index (κ1) is 11.5. The van der Waals surface area contributed by atoms with E-state index in [1.54, 1.807) is 6.33 Å². The second kappa shape index (κ2) is 5.41. The number of aryl methyl sites for hydroxylation is 1. The summed E-state index contributed by atoms with van der Waals surface area (Å²) in [6.45, 7) is 6.20. The first-order chi connectivity index (χ1) is 7.79. The number of hydrogen-bond donors (Lipinski definition) is 1. The van der Waals surface area contributed by atoms with E-state index in [-0.39, 0.29) is 0 Å². The zero-order chi connectivity index (χ0) is 11.4. The highest BCUT2D eigenvalue weighted by Gasteiger charge is 2.17. The Labute approximate surface area is 96.6 Å². The third-order valence-electron chi connectivity index (χ3n) is 3.13. The summed E-state index contributed by atoms with van der Waals surface area (Å²) in [5.41, 5.74) is 5.89. The van der Waals surface area contributed by atoms with Crippen molar-refractivity contribution in [3.05, 3.63) is 12.2 Å². The van der Waals surface area contributed by atoms with Gasteiger partial charge >= 0.3 is 0 Å². The maximum Gasteiger partial charge on any atom is 0.141 e. The molecule has 16 heavy (non-hydrogen) atoms. The molecule has 2 rings (SSSR count). The van der Waals surface area contributed by atoms with Crippen LogP contribution in [0.15, 0.2) is 6.33 Å². The van der Waals surface area contributed by atoms with E-state index in [1.807, 2.05) is 4.68 Å². The minimum absolute atomic E-state index is 0.393. The first-order valence-corrected chi connectivity index (χ1v) is 6.14. The zero-order valence-corrected chi connectivity index (χ0v) is 9.97. The number of nitrogens with two attached hydrogens (primary N) is 1. The van der Waals surface area contributed by atoms with Crippen LogP contribution < -0.4 is 5.73 Å². The fourth-order valence-corrected chi connectivity index (χ4v) is 2.12. The van der Waals surface area contributed by atoms with Gasteiger partial charge in [0, 0.05) is 25.7 Å². The van der Waals surface area contributed by atoms with Crippen LogP contribution >= 0.6 is 0 Å². The molecule has 0 radical (unpaired) electrons. The molecule has 1 aliphatic rings. The van der Waals surface area contributed by atoms with Crippen LogP contribution in [0.4, 0.5) is 0 Å². The van der Waals surface area contributed by atoms with E-state index in [9.17, 15) is 0 Å². The van der Waals surface area contributed by atoms with Gasteiger partial charge in [0.15, 0.2) is 0 Å². The zero-order valence-electron chi connectivity index (χ0n) is 9.97. The highest BCUT2D eigenvalue weighted by Crippen LogP contribution is 2.11. The average Bonchev–Trinajstić information content (AvgIpc) is 2.70. The number of rotatable bonds is 4. The van der Waals surface area contributed by atoms with Crippen molar-refractivity contribution in [1.29, 1.82) is 0 Å². The van der Waals surface area contributed by atoms with Gasteiger partial charge in [0.05, 0.1) is 6.54 Å². The van der Waals surface area contributed by atoms with E-state index in [0.717, 1.165) is 51.3 Å². The van der Waals surface area contributed by atoms with Crippen LogP contribution in [0.3, 0.4) is 0 Å². The minimum Gasteiger partial charge on any atom is -0.328 e. The standard InChI is InChI=1S/C11H21N5/c1-2-5-16-11(13-9-14-16)8-15-6-3-10(12)4-7-15/h9-10H,2-8,12H2,1H3. The normalized spacial score (nSPS) is 19.1. The van der Waals surface area contributed by atoms with Crippen LogP contribution in [-0.4, -0.2) is 38.8 Å². The highest BCUT2D eigenvalue weighted by atomic mass is 15.3. The van der Waals surface area contributed by atoms with Crippen LogP contribution in [0.2, 0.25) is 0 Å². The first-order valence-electron chi connectivity index (χ1n) is 6.14. The van der Waals surface area contributed by atoms with Crippen molar-refractivity contribution >= 4 is 0 Å². The van der Waals surface area contributed by atoms with Crippen LogP contribution in [0.5, 0.6) is 0 Å². The molecule has 0 bridgehead atoms. The van der Waals surface area contributed by atoms with Gasteiger partial charge in [0.25, 0.3) is 0 Å². The number of likely N-dealkylation sites (tertiary alicyclic amines) is 1. The second-order valence-corrected chi connectivity index (χ2v) is 4.51. The molecule has 0 aliphatic carbocycles. The van der Waals surface area contributed by atoms with Crippen molar-refractivity contribution in [2.24, 2.45) is 5.73 Å². The Morgan fingerprint density at radius 2 is 2.19 bits per heavy atom. The van der Waals surface area contributed by atoms with Gasteiger partial charge in [-0.05, 0) is 19.3 Å². The van der Waals surface area contributed by atoms with Crippen LogP contribution in [0, 0.1) is 0 Å². The topological polar surface area (TPSA) is 60.0 Å². The number of nitrogens with zero attached hydrogens (tertiary/aromatic N) is 4. The molecule has 5 nitrogen and oxygen atoms in total. The maximum atomic E-state index is 5.89. The summed E-state index contributed by atoms with van der Waals surface area (Å²) in [6.07, 6.45) is 4.95. The van der Waals surface area contributed by atoms with E-state index >= 15 is 0 Å². The Morgan fingerprint density at radius 1 is 1.44 bits per heavy atom. The van der Waals surface area contributed by atoms with E-state index in [0.29, 0.717) is 6.04 Å². The molecule has 0 saturated carbocycles. The van der Waals surface area contributed by atoms with Crippen molar-refractivity contribution in [3.8, 4) is 0 Å². The Kier molecular flexibility index (Phi) is 3.90. The van der Waals surface area contributed by atoms with Crippen molar-refractivity contribution in [2.75, 3.05) is 13.1 Å². The molecule has 0 unspecified atom stereocenters. The second-order valence-electron chi connectivity index (χ2n) is 4.51. The van der Waals surface area contributed by atoms with Crippen LogP contribution in [-0.2, 0) is 13.1 Å². The third kappa shape index (κ3) is 2.80. The summed E-state index contributed by atoms with van der Waals surface area (Å²) >= 11 is 0. The lowest BCUT2D eigenvalue weighted by Crippen LogP contribution is -2.39. The van der Waals surface area contributed by atoms with E-state index < -0.39 is 0 Å². The lowest BCUT2D eigenvalue weighted by atomic mass is 10.1. The van der Waals surface area contributed by atoms with Gasteiger partial charge in [0.2, 0.25) is 0 Å². The van der Waals surface area contributed by atoms with Gasteiger partial charge in [0.1, 0.15) is 12.2 Å². The summed E-state index contributed by atoms with van der Waals surface area (Å²) in [5, 5.41) is 4.24. The summed E-state index contributed by atoms with van der Waals surface area (Å²) in [7, 11) is 0. The largest absolute Gasteiger partial charge is 0.328 e. The third-order valence-corrected chi connectivity index (χ3v) is 3.13. The van der Waals surface area contributed by atoms with E-state index in [2.05, 4.69) is 21.9 Å². The van der Waals surface area contributed by atoms with Crippen molar-refractivity contribution in [2.45, 2.75) is 45.3 Å². The molecule has 2 N–H and O–H groups in total. The summed E-state index contributed by atoms with van der Waals surface area (Å²) in [4.78, 5) is 6.74. The SMILES string of the molecule is CCCn1ncnc1CN1CCC(N)CC1. The molecule has 90 valence electrons. The molecule has 1 aromatic heterocycles. The summed E-state index contributed by atoms with van der Waals surface area (Å²) in [5.74, 6) is 1.08. The molecule has 0 aromatic carbocycles. The van der Waals surface area contributed by atoms with Gasteiger partial charge in [-0.1, -0.05) is 6.92 Å². The van der Waals surface area contributed by atoms with Crippen LogP contribution in [0.25, 0.3) is 0 Å². The van der Waals surface area contributed by atoms with Gasteiger partial charge in [-0.2, -0.15) is 5.10 Å². The predicted octanol–water partition coefficient (Wildman–Crippen LogP) is 0.611. The van der Waals surface area contributed by atoms with Gasteiger partial charge in [-0.25, -0.2) is 9.67 Å². The monoisotopic (exact) mass is 223 g/mol. The molecule has 0 spiro atoms. The Hall–Kier alpha value is -0.940. The molecule has 1 saturated heterocycles. The van der Waals surface area contributed by atoms with Gasteiger partial charge in [-0.15, -0.1) is 0 Å². The predicted molar refractivity (Wildman–Crippen MR) is 62.8 cm³/mol. The smallest absolute Gasteiger partial charge is 0.141 e. The molecule has 2 heterocycles. The van der Waals surface area contributed by atoms with Gasteiger partial charge in [-0.3, -0.25) is 4.90 Å². The average molecular weight is 223 g/mol. The Balaban J connectivity index is 1.90. The van der Waals surface area contributed by atoms with Gasteiger partial charge < -0.3 is 5.73 Å². The minimum atomic E-state index is 0.393. The quantitative estimate of drug-likeness (QED) is 0.812. The number of aromatic nitrogens is 3. The van der Waals surface area contributed by atoms with Crippen molar-refractivity contribution in [3.63, 3.8) is 0 Å². The summed E-state index contributed by atoms with van der Waals surface area (Å²) < 4.78 is 2.01. The highest BCUT2D eigenvalue weighted by molar-refractivity contribution is 4.86. The molecule has 5 heteroatoms. The number of hydrogen-bond acceptors (Lipinski definition) is 4. The van der Waals surface area contributed by atoms with Crippen molar-refractivity contribution in [1.82, 2.24) is 19.7 Å². The molecule has 1 fully saturated rings. The Morgan fingerprint density at radius 3 is 2.88 bits per heavy atom. The fourth-order valence-electron chi connectivity index (χ4n) is 2.12. The lowest BCUT2D eigenvalue weighted by Gasteiger charge is -2.29. The van der Waals surface area contributed by atoms with E-state index in [1.165, 1.54) is 0 Å². The molecule has 0 amide bonds. The summed E-state index contributed by atoms with van der Waals surface area (Å²) in [6, 6.07) is 0.393. The molecule has 1 aliphatic heterocycles. The Bertz CT molecular complexity index is 314. The van der Waals surface area contributed by atoms with Crippen LogP contribution in [0.1, 0.15) is 32.0 Å². The number of piperidine rings is 1. The fraction of sp³-hybridized carbons (Fsp3) is 0.818.